The zero-order valence-electron chi connectivity index (χ0n) is 17.8. The van der Waals surface area contributed by atoms with Crippen LogP contribution in [0.5, 0.6) is 17.2 Å². The zero-order chi connectivity index (χ0) is 22.2. The van der Waals surface area contributed by atoms with Crippen molar-refractivity contribution in [3.05, 3.63) is 86.4 Å². The highest BCUT2D eigenvalue weighted by molar-refractivity contribution is 6.35. The van der Waals surface area contributed by atoms with E-state index >= 15 is 0 Å². The van der Waals surface area contributed by atoms with Crippen LogP contribution in [0.15, 0.2) is 54.6 Å². The van der Waals surface area contributed by atoms with Crippen LogP contribution < -0.4 is 19.5 Å². The van der Waals surface area contributed by atoms with Crippen LogP contribution in [-0.4, -0.2) is 13.7 Å². The van der Waals surface area contributed by atoms with Crippen LogP contribution in [0.2, 0.25) is 15.1 Å². The molecule has 3 aromatic rings. The number of hydrogen-bond acceptors (Lipinski definition) is 4. The summed E-state index contributed by atoms with van der Waals surface area (Å²) in [6, 6.07) is 17.1. The number of hydrogen-bond donors (Lipinski definition) is 1. The molecule has 0 saturated heterocycles. The quantitative estimate of drug-likeness (QED) is 0.306. The molecule has 0 aliphatic carbocycles. The fourth-order valence-corrected chi connectivity index (χ4v) is 3.76. The lowest BCUT2D eigenvalue weighted by Crippen LogP contribution is -2.13. The molecule has 0 heterocycles. The van der Waals surface area contributed by atoms with Crippen molar-refractivity contribution in [2.24, 2.45) is 0 Å². The molecule has 32 heavy (non-hydrogen) atoms. The molecule has 4 nitrogen and oxygen atoms in total. The molecule has 0 saturated carbocycles. The minimum Gasteiger partial charge on any atom is -0.497 e. The van der Waals surface area contributed by atoms with Gasteiger partial charge in [0.2, 0.25) is 0 Å². The molecule has 0 fully saturated rings. The first kappa shape index (κ1) is 26.4. The van der Waals surface area contributed by atoms with Gasteiger partial charge in [0.05, 0.1) is 18.7 Å². The van der Waals surface area contributed by atoms with E-state index in [1.807, 2.05) is 49.4 Å². The Kier molecular flexibility index (Phi) is 10.8. The number of halogens is 4. The summed E-state index contributed by atoms with van der Waals surface area (Å²) in [5.41, 5.74) is 2.98. The molecular weight excluding hydrogens is 492 g/mol. The molecule has 0 spiro atoms. The first-order valence-electron chi connectivity index (χ1n) is 9.85. The number of methoxy groups -OCH3 is 1. The lowest BCUT2D eigenvalue weighted by molar-refractivity contribution is 0.269. The fourth-order valence-electron chi connectivity index (χ4n) is 3.01. The number of rotatable bonds is 10. The van der Waals surface area contributed by atoms with Gasteiger partial charge in [-0.15, -0.1) is 12.4 Å². The van der Waals surface area contributed by atoms with Crippen molar-refractivity contribution in [1.29, 1.82) is 0 Å². The Hall–Kier alpha value is -1.82. The summed E-state index contributed by atoms with van der Waals surface area (Å²) in [5, 5.41) is 5.02. The largest absolute Gasteiger partial charge is 0.497 e. The van der Waals surface area contributed by atoms with Gasteiger partial charge in [-0.05, 0) is 54.4 Å². The second-order valence-corrected chi connectivity index (χ2v) is 8.06. The average Bonchev–Trinajstić information content (AvgIpc) is 2.75. The van der Waals surface area contributed by atoms with Gasteiger partial charge < -0.3 is 19.5 Å². The van der Waals surface area contributed by atoms with Crippen LogP contribution in [0.4, 0.5) is 0 Å². The summed E-state index contributed by atoms with van der Waals surface area (Å²) in [5.74, 6) is 1.93. The van der Waals surface area contributed by atoms with E-state index in [9.17, 15) is 0 Å². The highest BCUT2D eigenvalue weighted by Crippen LogP contribution is 2.37. The minimum absolute atomic E-state index is 0. The van der Waals surface area contributed by atoms with E-state index < -0.39 is 0 Å². The predicted octanol–water partition coefficient (Wildman–Crippen LogP) is 7.34. The highest BCUT2D eigenvalue weighted by Gasteiger charge is 2.14. The SMILES string of the molecule is CCOc1cc(CNCc2ccc(OC)cc2)cc(Cl)c1OCc1ccc(Cl)cc1Cl.Cl. The molecule has 0 atom stereocenters. The van der Waals surface area contributed by atoms with Crippen molar-refractivity contribution in [3.8, 4) is 17.2 Å². The third-order valence-electron chi connectivity index (χ3n) is 4.57. The molecule has 0 aliphatic heterocycles. The molecule has 3 aromatic carbocycles. The van der Waals surface area contributed by atoms with Crippen LogP contribution in [0.25, 0.3) is 0 Å². The van der Waals surface area contributed by atoms with Gasteiger partial charge in [-0.25, -0.2) is 0 Å². The standard InChI is InChI=1S/C24H24Cl3NO3.ClH/c1-3-30-23-11-17(14-28-13-16-4-8-20(29-2)9-5-16)10-22(27)24(23)31-15-18-6-7-19(25)12-21(18)26;/h4-12,28H,3,13-15H2,1-2H3;1H. The van der Waals surface area contributed by atoms with Crippen LogP contribution in [-0.2, 0) is 19.7 Å². The molecule has 0 unspecified atom stereocenters. The fraction of sp³-hybridized carbons (Fsp3) is 0.250. The van der Waals surface area contributed by atoms with E-state index in [0.717, 1.165) is 29.0 Å². The van der Waals surface area contributed by atoms with E-state index in [4.69, 9.17) is 49.0 Å². The lowest BCUT2D eigenvalue weighted by Gasteiger charge is -2.16. The number of benzene rings is 3. The summed E-state index contributed by atoms with van der Waals surface area (Å²) in [6.07, 6.45) is 0. The number of ether oxygens (including phenoxy) is 3. The zero-order valence-corrected chi connectivity index (χ0v) is 20.9. The Morgan fingerprint density at radius 3 is 2.19 bits per heavy atom. The molecular formula is C24H25Cl4NO3. The van der Waals surface area contributed by atoms with Crippen molar-refractivity contribution in [3.63, 3.8) is 0 Å². The molecule has 0 bridgehead atoms. The van der Waals surface area contributed by atoms with Crippen LogP contribution in [0.1, 0.15) is 23.6 Å². The van der Waals surface area contributed by atoms with Gasteiger partial charge in [-0.2, -0.15) is 0 Å². The summed E-state index contributed by atoms with van der Waals surface area (Å²) >= 11 is 18.7. The summed E-state index contributed by atoms with van der Waals surface area (Å²) in [4.78, 5) is 0. The smallest absolute Gasteiger partial charge is 0.180 e. The van der Waals surface area contributed by atoms with Crippen LogP contribution in [0.3, 0.4) is 0 Å². The monoisotopic (exact) mass is 515 g/mol. The Morgan fingerprint density at radius 2 is 1.53 bits per heavy atom. The van der Waals surface area contributed by atoms with Gasteiger partial charge in [0.15, 0.2) is 11.5 Å². The highest BCUT2D eigenvalue weighted by atomic mass is 35.5. The topological polar surface area (TPSA) is 39.7 Å². The Labute approximate surface area is 210 Å². The molecule has 3 rings (SSSR count). The van der Waals surface area contributed by atoms with E-state index in [2.05, 4.69) is 5.32 Å². The Balaban J connectivity index is 0.00000363. The van der Waals surface area contributed by atoms with Crippen molar-refractivity contribution < 1.29 is 14.2 Å². The van der Waals surface area contributed by atoms with Gasteiger partial charge in [0.1, 0.15) is 12.4 Å². The Bertz CT molecular complexity index is 1010. The van der Waals surface area contributed by atoms with Crippen LogP contribution in [0, 0.1) is 0 Å². The molecule has 1 N–H and O–H groups in total. The first-order chi connectivity index (χ1) is 15.0. The van der Waals surface area contributed by atoms with Crippen LogP contribution >= 0.6 is 47.2 Å². The maximum Gasteiger partial charge on any atom is 0.180 e. The van der Waals surface area contributed by atoms with Crippen molar-refractivity contribution in [2.75, 3.05) is 13.7 Å². The van der Waals surface area contributed by atoms with E-state index in [1.165, 1.54) is 0 Å². The van der Waals surface area contributed by atoms with Gasteiger partial charge in [0, 0.05) is 28.7 Å². The van der Waals surface area contributed by atoms with Crippen molar-refractivity contribution in [1.82, 2.24) is 5.32 Å². The number of nitrogens with one attached hydrogen (secondary N) is 1. The van der Waals surface area contributed by atoms with Gasteiger partial charge >= 0.3 is 0 Å². The second-order valence-electron chi connectivity index (χ2n) is 6.81. The summed E-state index contributed by atoms with van der Waals surface area (Å²) < 4.78 is 16.9. The third kappa shape index (κ3) is 7.36. The van der Waals surface area contributed by atoms with Crippen molar-refractivity contribution >= 4 is 47.2 Å². The molecule has 0 radical (unpaired) electrons. The van der Waals surface area contributed by atoms with Gasteiger partial charge in [-0.1, -0.05) is 53.0 Å². The maximum absolute atomic E-state index is 6.53. The van der Waals surface area contributed by atoms with Crippen molar-refractivity contribution in [2.45, 2.75) is 26.6 Å². The van der Waals surface area contributed by atoms with E-state index in [0.29, 0.717) is 39.7 Å². The maximum atomic E-state index is 6.53. The lowest BCUT2D eigenvalue weighted by atomic mass is 10.1. The second kappa shape index (κ2) is 13.0. The predicted molar refractivity (Wildman–Crippen MR) is 134 cm³/mol. The molecule has 0 aliphatic rings. The summed E-state index contributed by atoms with van der Waals surface area (Å²) in [6.45, 7) is 4.03. The third-order valence-corrected chi connectivity index (χ3v) is 5.44. The minimum atomic E-state index is 0. The van der Waals surface area contributed by atoms with E-state index in [-0.39, 0.29) is 19.0 Å². The Morgan fingerprint density at radius 1 is 0.812 bits per heavy atom. The first-order valence-corrected chi connectivity index (χ1v) is 11.0. The van der Waals surface area contributed by atoms with Gasteiger partial charge in [0.25, 0.3) is 0 Å². The summed E-state index contributed by atoms with van der Waals surface area (Å²) in [7, 11) is 1.66. The molecule has 8 heteroatoms. The molecule has 0 amide bonds. The average molecular weight is 517 g/mol. The molecule has 172 valence electrons. The normalized spacial score (nSPS) is 10.4. The van der Waals surface area contributed by atoms with Gasteiger partial charge in [-0.3, -0.25) is 0 Å². The molecule has 0 aromatic heterocycles. The van der Waals surface area contributed by atoms with E-state index in [1.54, 1.807) is 19.2 Å².